The van der Waals surface area contributed by atoms with Gasteiger partial charge in [0.1, 0.15) is 0 Å². The van der Waals surface area contributed by atoms with E-state index in [-0.39, 0.29) is 0 Å². The Labute approximate surface area is 178 Å². The van der Waals surface area contributed by atoms with Crippen LogP contribution in [0, 0.1) is 0 Å². The van der Waals surface area contributed by atoms with Crippen LogP contribution in [0.15, 0.2) is 0 Å². The van der Waals surface area contributed by atoms with Crippen molar-refractivity contribution in [3.8, 4) is 0 Å². The fraction of sp³-hybridized carbons (Fsp3) is 0.667. The van der Waals surface area contributed by atoms with Gasteiger partial charge in [-0.2, -0.15) is 0 Å². The fourth-order valence-corrected chi connectivity index (χ4v) is 4.28. The van der Waals surface area contributed by atoms with E-state index >= 15 is 0 Å². The van der Waals surface area contributed by atoms with Crippen molar-refractivity contribution >= 4 is 102 Å². The highest BCUT2D eigenvalue weighted by Crippen LogP contribution is 2.14. The van der Waals surface area contributed by atoms with Crippen molar-refractivity contribution in [3.63, 3.8) is 0 Å². The molecule has 0 unspecified atom stereocenters. The Morgan fingerprint density at radius 3 is 0.875 bits per heavy atom. The van der Waals surface area contributed by atoms with E-state index in [0.717, 1.165) is 35.4 Å². The fourth-order valence-electron chi connectivity index (χ4n) is 2.67. The van der Waals surface area contributed by atoms with Crippen LogP contribution in [0.25, 0.3) is 0 Å². The summed E-state index contributed by atoms with van der Waals surface area (Å²) < 4.78 is 0. The lowest BCUT2D eigenvalue weighted by Gasteiger charge is -2.11. The maximum Gasteiger partial charge on any atom is 0.0764 e. The van der Waals surface area contributed by atoms with Gasteiger partial charge in [0.25, 0.3) is 0 Å². The molecule has 1 rings (SSSR count). The van der Waals surface area contributed by atoms with Crippen LogP contribution in [0.4, 0.5) is 0 Å². The third kappa shape index (κ3) is 8.28. The molecule has 0 aromatic rings. The lowest BCUT2D eigenvalue weighted by molar-refractivity contribution is 0.557. The normalized spacial score (nSPS) is 21.5. The molecule has 0 heterocycles. The van der Waals surface area contributed by atoms with Crippen LogP contribution >= 0.6 is 73.3 Å². The van der Waals surface area contributed by atoms with Crippen LogP contribution < -0.4 is 0 Å². The first-order valence-electron chi connectivity index (χ1n) is 8.68. The van der Waals surface area contributed by atoms with E-state index in [1.54, 1.807) is 0 Å². The van der Waals surface area contributed by atoms with Gasteiger partial charge in [0, 0.05) is 9.73 Å². The van der Waals surface area contributed by atoms with Crippen molar-refractivity contribution < 1.29 is 0 Å². The third-order valence-electron chi connectivity index (χ3n) is 4.18. The number of hydrogen-bond acceptors (Lipinski definition) is 6. The Balaban J connectivity index is 2.69. The van der Waals surface area contributed by atoms with Gasteiger partial charge in [0.2, 0.25) is 0 Å². The average Bonchev–Trinajstić information content (AvgIpc) is 2.58. The summed E-state index contributed by atoms with van der Waals surface area (Å²) in [5, 5.41) is 0. The second kappa shape index (κ2) is 12.8. The summed E-state index contributed by atoms with van der Waals surface area (Å²) in [4.78, 5) is 3.42. The number of hydrogen-bond donors (Lipinski definition) is 0. The largest absolute Gasteiger partial charge is 0.0833 e. The van der Waals surface area contributed by atoms with E-state index in [4.69, 9.17) is 73.3 Å². The van der Waals surface area contributed by atoms with Crippen LogP contribution in [0.1, 0.15) is 77.0 Å². The van der Waals surface area contributed by atoms with Gasteiger partial charge in [-0.3, -0.25) is 0 Å². The van der Waals surface area contributed by atoms with Gasteiger partial charge in [0.15, 0.2) is 0 Å². The van der Waals surface area contributed by atoms with Gasteiger partial charge in [-0.25, -0.2) is 0 Å². The summed E-state index contributed by atoms with van der Waals surface area (Å²) in [5.41, 5.74) is 0. The Hall–Kier alpha value is 0.540. The molecule has 1 aliphatic carbocycles. The molecule has 24 heavy (non-hydrogen) atoms. The highest BCUT2D eigenvalue weighted by Gasteiger charge is 2.20. The SMILES string of the molecule is S=C1CCCCCCCCCCCCC(=S)C(=S)C(=S)C(=S)C1=S. The first kappa shape index (κ1) is 22.6. The molecule has 0 nitrogen and oxygen atoms in total. The van der Waals surface area contributed by atoms with Crippen LogP contribution in [0.5, 0.6) is 0 Å². The van der Waals surface area contributed by atoms with E-state index in [0.29, 0.717) is 19.5 Å². The molecule has 6 heteroatoms. The van der Waals surface area contributed by atoms with Crippen LogP contribution in [-0.2, 0) is 0 Å². The molecule has 0 amide bonds. The Morgan fingerprint density at radius 1 is 0.333 bits per heavy atom. The molecule has 0 aromatic heterocycles. The van der Waals surface area contributed by atoms with Gasteiger partial charge in [0.05, 0.1) is 19.5 Å². The predicted molar refractivity (Wildman–Crippen MR) is 131 cm³/mol. The lowest BCUT2D eigenvalue weighted by Crippen LogP contribution is -2.32. The number of thiocarbonyl (C=S) groups is 6. The predicted octanol–water partition coefficient (Wildman–Crippen LogP) is 6.90. The molecule has 0 atom stereocenters. The molecular formula is C18H24S6. The summed E-state index contributed by atoms with van der Waals surface area (Å²) in [5.74, 6) is 0. The molecule has 0 saturated heterocycles. The van der Waals surface area contributed by atoms with Crippen molar-refractivity contribution in [2.45, 2.75) is 77.0 Å². The average molecular weight is 433 g/mol. The molecule has 0 aromatic carbocycles. The van der Waals surface area contributed by atoms with Crippen molar-refractivity contribution in [3.05, 3.63) is 0 Å². The van der Waals surface area contributed by atoms with Gasteiger partial charge in [-0.1, -0.05) is 125 Å². The molecule has 1 fully saturated rings. The van der Waals surface area contributed by atoms with Crippen molar-refractivity contribution in [1.29, 1.82) is 0 Å². The second-order valence-corrected chi connectivity index (χ2v) is 8.82. The van der Waals surface area contributed by atoms with Crippen molar-refractivity contribution in [1.82, 2.24) is 0 Å². The molecule has 0 aliphatic heterocycles. The topological polar surface area (TPSA) is 0 Å². The summed E-state index contributed by atoms with van der Waals surface area (Å²) in [6, 6.07) is 0. The second-order valence-electron chi connectivity index (χ2n) is 6.20. The monoisotopic (exact) mass is 432 g/mol. The molecule has 1 aliphatic rings. The minimum absolute atomic E-state index is 0.443. The first-order chi connectivity index (χ1) is 11.4. The molecule has 0 spiro atoms. The van der Waals surface area contributed by atoms with E-state index in [9.17, 15) is 0 Å². The summed E-state index contributed by atoms with van der Waals surface area (Å²) in [7, 11) is 0. The lowest BCUT2D eigenvalue weighted by atomic mass is 10.0. The summed E-state index contributed by atoms with van der Waals surface area (Å²) in [6.45, 7) is 0. The van der Waals surface area contributed by atoms with E-state index in [1.807, 2.05) is 0 Å². The Kier molecular flexibility index (Phi) is 12.1. The zero-order chi connectivity index (χ0) is 17.9. The molecule has 132 valence electrons. The molecular weight excluding hydrogens is 409 g/mol. The van der Waals surface area contributed by atoms with Crippen LogP contribution in [0.2, 0.25) is 0 Å². The van der Waals surface area contributed by atoms with E-state index < -0.39 is 0 Å². The minimum Gasteiger partial charge on any atom is -0.0833 e. The first-order valence-corrected chi connectivity index (χ1v) is 11.1. The van der Waals surface area contributed by atoms with Crippen molar-refractivity contribution in [2.75, 3.05) is 0 Å². The minimum atomic E-state index is 0.443. The van der Waals surface area contributed by atoms with Gasteiger partial charge < -0.3 is 0 Å². The maximum absolute atomic E-state index is 5.44. The zero-order valence-electron chi connectivity index (χ0n) is 13.9. The molecule has 1 saturated carbocycles. The summed E-state index contributed by atoms with van der Waals surface area (Å²) >= 11 is 32.6. The zero-order valence-corrected chi connectivity index (χ0v) is 18.8. The smallest absolute Gasteiger partial charge is 0.0764 e. The Bertz CT molecular complexity index is 484. The maximum atomic E-state index is 5.44. The number of rotatable bonds is 0. The Morgan fingerprint density at radius 2 is 0.583 bits per heavy atom. The van der Waals surface area contributed by atoms with E-state index in [2.05, 4.69) is 0 Å². The van der Waals surface area contributed by atoms with E-state index in [1.165, 1.54) is 51.4 Å². The van der Waals surface area contributed by atoms with Crippen LogP contribution in [-0.4, -0.2) is 29.2 Å². The quantitative estimate of drug-likeness (QED) is 0.379. The van der Waals surface area contributed by atoms with Gasteiger partial charge in [-0.15, -0.1) is 0 Å². The highest BCUT2D eigenvalue weighted by atomic mass is 32.1. The molecule has 0 N–H and O–H groups in total. The highest BCUT2D eigenvalue weighted by molar-refractivity contribution is 8.02. The summed E-state index contributed by atoms with van der Waals surface area (Å²) in [6.07, 6.45) is 14.0. The standard InChI is InChI=1S/C18H24S6/c19-13-11-9-7-5-3-1-2-4-6-8-10-12-14(20)16(22)18(24)17(23)15(13)21/h1-12H2. The van der Waals surface area contributed by atoms with Crippen LogP contribution in [0.3, 0.4) is 0 Å². The van der Waals surface area contributed by atoms with Gasteiger partial charge >= 0.3 is 0 Å². The third-order valence-corrected chi connectivity index (χ3v) is 7.36. The van der Waals surface area contributed by atoms with Crippen molar-refractivity contribution in [2.24, 2.45) is 0 Å². The molecule has 0 radical (unpaired) electrons. The molecule has 0 bridgehead atoms. The van der Waals surface area contributed by atoms with Gasteiger partial charge in [-0.05, 0) is 25.7 Å².